The molecule has 0 bridgehead atoms. The van der Waals surface area contributed by atoms with Crippen molar-refractivity contribution in [3.05, 3.63) is 46.0 Å². The number of carbonyl (C=O) groups excluding carboxylic acids is 1. The zero-order valence-electron chi connectivity index (χ0n) is 12.4. The highest BCUT2D eigenvalue weighted by Crippen LogP contribution is 2.15. The number of benzene rings is 1. The first kappa shape index (κ1) is 16.8. The third-order valence-corrected chi connectivity index (χ3v) is 3.40. The van der Waals surface area contributed by atoms with Crippen LogP contribution in [-0.4, -0.2) is 28.1 Å². The van der Waals surface area contributed by atoms with Crippen LogP contribution in [0.15, 0.2) is 30.3 Å². The van der Waals surface area contributed by atoms with E-state index in [0.717, 1.165) is 0 Å². The summed E-state index contributed by atoms with van der Waals surface area (Å²) in [5.41, 5.74) is -0.271. The topological polar surface area (TPSA) is 92.5 Å². The van der Waals surface area contributed by atoms with Crippen molar-refractivity contribution in [2.24, 2.45) is 5.92 Å². The molecular weight excluding hydrogens is 272 g/mol. The maximum absolute atomic E-state index is 11.6. The maximum atomic E-state index is 11.6. The summed E-state index contributed by atoms with van der Waals surface area (Å²) in [5.74, 6) is -0.300. The highest BCUT2D eigenvalue weighted by atomic mass is 16.6. The van der Waals surface area contributed by atoms with Gasteiger partial charge in [-0.2, -0.15) is 0 Å². The number of aliphatic hydroxyl groups is 1. The Balaban J connectivity index is 2.56. The second-order valence-corrected chi connectivity index (χ2v) is 5.41. The molecule has 1 unspecified atom stereocenters. The van der Waals surface area contributed by atoms with E-state index in [1.54, 1.807) is 25.1 Å². The molecule has 6 heteroatoms. The number of nitrogens with zero attached hydrogens (tertiary/aromatic N) is 1. The summed E-state index contributed by atoms with van der Waals surface area (Å²) in [4.78, 5) is 21.7. The third kappa shape index (κ3) is 5.35. The predicted octanol–water partition coefficient (Wildman–Crippen LogP) is 2.13. The first-order chi connectivity index (χ1) is 9.72. The number of amides is 1. The number of nitro groups is 1. The molecule has 1 rings (SSSR count). The van der Waals surface area contributed by atoms with Crippen LogP contribution < -0.4 is 5.32 Å². The standard InChI is InChI=1S/C15H20N2O4/c1-11(2)15(3,19)10-16-14(18)9-6-12-4-7-13(8-5-12)17(20)21/h4-9,11,19H,10H2,1-3H3,(H,16,18). The van der Waals surface area contributed by atoms with E-state index in [9.17, 15) is 20.0 Å². The Morgan fingerprint density at radius 3 is 2.48 bits per heavy atom. The first-order valence-corrected chi connectivity index (χ1v) is 6.65. The van der Waals surface area contributed by atoms with Crippen LogP contribution in [0.2, 0.25) is 0 Å². The number of hydrogen-bond donors (Lipinski definition) is 2. The molecular formula is C15H20N2O4. The number of nitrogens with one attached hydrogen (secondary N) is 1. The van der Waals surface area contributed by atoms with E-state index in [2.05, 4.69) is 5.32 Å². The van der Waals surface area contributed by atoms with Gasteiger partial charge in [-0.3, -0.25) is 14.9 Å². The minimum absolute atomic E-state index is 0.00424. The minimum Gasteiger partial charge on any atom is -0.388 e. The fourth-order valence-electron chi connectivity index (χ4n) is 1.41. The smallest absolute Gasteiger partial charge is 0.269 e. The molecule has 0 aliphatic carbocycles. The maximum Gasteiger partial charge on any atom is 0.269 e. The first-order valence-electron chi connectivity index (χ1n) is 6.65. The van der Waals surface area contributed by atoms with Crippen molar-refractivity contribution < 1.29 is 14.8 Å². The Morgan fingerprint density at radius 2 is 2.00 bits per heavy atom. The summed E-state index contributed by atoms with van der Waals surface area (Å²) in [6.45, 7) is 5.57. The normalized spacial score (nSPS) is 14.1. The minimum atomic E-state index is -0.961. The van der Waals surface area contributed by atoms with Gasteiger partial charge in [-0.15, -0.1) is 0 Å². The van der Waals surface area contributed by atoms with Crippen molar-refractivity contribution >= 4 is 17.7 Å². The van der Waals surface area contributed by atoms with Crippen LogP contribution in [0.4, 0.5) is 5.69 Å². The molecule has 1 aromatic rings. The summed E-state index contributed by atoms with van der Waals surface area (Å²) in [6.07, 6.45) is 2.89. The summed E-state index contributed by atoms with van der Waals surface area (Å²) in [5, 5.41) is 23.1. The second-order valence-electron chi connectivity index (χ2n) is 5.41. The molecule has 2 N–H and O–H groups in total. The number of carbonyl (C=O) groups is 1. The van der Waals surface area contributed by atoms with Crippen LogP contribution in [0.1, 0.15) is 26.3 Å². The highest BCUT2D eigenvalue weighted by molar-refractivity contribution is 5.91. The Kier molecular flexibility index (Phi) is 5.60. The summed E-state index contributed by atoms with van der Waals surface area (Å²) in [6, 6.07) is 5.88. The second kappa shape index (κ2) is 6.99. The zero-order valence-corrected chi connectivity index (χ0v) is 12.4. The van der Waals surface area contributed by atoms with Crippen molar-refractivity contribution in [3.63, 3.8) is 0 Å². The predicted molar refractivity (Wildman–Crippen MR) is 80.6 cm³/mol. The van der Waals surface area contributed by atoms with E-state index in [1.807, 2.05) is 13.8 Å². The lowest BCUT2D eigenvalue weighted by atomic mass is 9.92. The number of non-ortho nitro benzene ring substituents is 1. The fourth-order valence-corrected chi connectivity index (χ4v) is 1.41. The monoisotopic (exact) mass is 292 g/mol. The van der Waals surface area contributed by atoms with E-state index in [-0.39, 0.29) is 24.1 Å². The molecule has 1 amide bonds. The van der Waals surface area contributed by atoms with Gasteiger partial charge in [-0.25, -0.2) is 0 Å². The molecule has 0 heterocycles. The number of rotatable bonds is 6. The molecule has 6 nitrogen and oxygen atoms in total. The van der Waals surface area contributed by atoms with Crippen molar-refractivity contribution in [2.45, 2.75) is 26.4 Å². The quantitative estimate of drug-likeness (QED) is 0.477. The van der Waals surface area contributed by atoms with E-state index >= 15 is 0 Å². The Hall–Kier alpha value is -2.21. The van der Waals surface area contributed by atoms with E-state index in [4.69, 9.17) is 0 Å². The van der Waals surface area contributed by atoms with Crippen molar-refractivity contribution in [2.75, 3.05) is 6.54 Å². The molecule has 21 heavy (non-hydrogen) atoms. The molecule has 0 aliphatic rings. The fraction of sp³-hybridized carbons (Fsp3) is 0.400. The van der Waals surface area contributed by atoms with Crippen molar-refractivity contribution in [3.8, 4) is 0 Å². The van der Waals surface area contributed by atoms with Crippen LogP contribution in [0.3, 0.4) is 0 Å². The molecule has 1 aromatic carbocycles. The van der Waals surface area contributed by atoms with Gasteiger partial charge in [0.25, 0.3) is 5.69 Å². The van der Waals surface area contributed by atoms with Crippen LogP contribution in [0.25, 0.3) is 6.08 Å². The van der Waals surface area contributed by atoms with Gasteiger partial charge in [0.1, 0.15) is 0 Å². The molecule has 0 fully saturated rings. The largest absolute Gasteiger partial charge is 0.388 e. The molecule has 0 radical (unpaired) electrons. The molecule has 0 aliphatic heterocycles. The highest BCUT2D eigenvalue weighted by Gasteiger charge is 2.24. The lowest BCUT2D eigenvalue weighted by Gasteiger charge is -2.27. The van der Waals surface area contributed by atoms with Gasteiger partial charge in [-0.1, -0.05) is 13.8 Å². The van der Waals surface area contributed by atoms with Gasteiger partial charge in [-0.05, 0) is 36.6 Å². The van der Waals surface area contributed by atoms with Crippen LogP contribution in [-0.2, 0) is 4.79 Å². The summed E-state index contributed by atoms with van der Waals surface area (Å²) < 4.78 is 0. The molecule has 114 valence electrons. The Morgan fingerprint density at radius 1 is 1.43 bits per heavy atom. The van der Waals surface area contributed by atoms with Gasteiger partial charge in [0, 0.05) is 24.8 Å². The average Bonchev–Trinajstić information content (AvgIpc) is 2.43. The average molecular weight is 292 g/mol. The van der Waals surface area contributed by atoms with Crippen molar-refractivity contribution in [1.29, 1.82) is 0 Å². The zero-order chi connectivity index (χ0) is 16.0. The number of hydrogen-bond acceptors (Lipinski definition) is 4. The van der Waals surface area contributed by atoms with Crippen LogP contribution >= 0.6 is 0 Å². The lowest BCUT2D eigenvalue weighted by molar-refractivity contribution is -0.384. The van der Waals surface area contributed by atoms with E-state index < -0.39 is 10.5 Å². The Bertz CT molecular complexity index is 533. The SMILES string of the molecule is CC(C)C(C)(O)CNC(=O)C=Cc1ccc([N+](=O)[O-])cc1. The number of nitro benzene ring substituents is 1. The van der Waals surface area contributed by atoms with Gasteiger partial charge in [0.05, 0.1) is 10.5 Å². The molecule has 1 atom stereocenters. The van der Waals surface area contributed by atoms with E-state index in [1.165, 1.54) is 18.2 Å². The van der Waals surface area contributed by atoms with Crippen LogP contribution in [0.5, 0.6) is 0 Å². The lowest BCUT2D eigenvalue weighted by Crippen LogP contribution is -2.43. The molecule has 0 spiro atoms. The Labute approximate surface area is 123 Å². The van der Waals surface area contributed by atoms with Gasteiger partial charge in [0.2, 0.25) is 5.91 Å². The summed E-state index contributed by atoms with van der Waals surface area (Å²) in [7, 11) is 0. The van der Waals surface area contributed by atoms with Gasteiger partial charge >= 0.3 is 0 Å². The third-order valence-electron chi connectivity index (χ3n) is 3.40. The molecule has 0 aromatic heterocycles. The van der Waals surface area contributed by atoms with Gasteiger partial charge < -0.3 is 10.4 Å². The van der Waals surface area contributed by atoms with Gasteiger partial charge in [0.15, 0.2) is 0 Å². The molecule has 0 saturated carbocycles. The van der Waals surface area contributed by atoms with Crippen molar-refractivity contribution in [1.82, 2.24) is 5.32 Å². The molecule has 0 saturated heterocycles. The van der Waals surface area contributed by atoms with E-state index in [0.29, 0.717) is 5.56 Å². The van der Waals surface area contributed by atoms with Crippen LogP contribution in [0, 0.1) is 16.0 Å². The summed E-state index contributed by atoms with van der Waals surface area (Å²) >= 11 is 0.